The molecule has 1 aliphatic rings. The van der Waals surface area contributed by atoms with Gasteiger partial charge in [0.05, 0.1) is 12.6 Å². The van der Waals surface area contributed by atoms with Crippen LogP contribution in [0.1, 0.15) is 23.6 Å². The van der Waals surface area contributed by atoms with E-state index in [2.05, 4.69) is 15.3 Å². The molecule has 0 saturated carbocycles. The van der Waals surface area contributed by atoms with E-state index in [9.17, 15) is 4.79 Å². The normalized spacial score (nSPS) is 19.0. The third kappa shape index (κ3) is 2.52. The maximum atomic E-state index is 12.2. The van der Waals surface area contributed by atoms with Crippen LogP contribution in [0.3, 0.4) is 0 Å². The fraction of sp³-hybridized carbons (Fsp3) is 0.462. The minimum Gasteiger partial charge on any atom is -0.342 e. The number of aromatic amines is 1. The van der Waals surface area contributed by atoms with Crippen LogP contribution in [0, 0.1) is 0 Å². The van der Waals surface area contributed by atoms with Gasteiger partial charge in [0.15, 0.2) is 0 Å². The highest BCUT2D eigenvalue weighted by molar-refractivity contribution is 5.79. The molecule has 1 atom stereocenters. The zero-order chi connectivity index (χ0) is 13.2. The number of carbonyl (C=O) groups excluding carboxylic acids is 1. The van der Waals surface area contributed by atoms with Crippen molar-refractivity contribution in [3.05, 3.63) is 35.9 Å². The van der Waals surface area contributed by atoms with Gasteiger partial charge in [-0.25, -0.2) is 0 Å². The Bertz CT molecular complexity index is 559. The zero-order valence-electron chi connectivity index (χ0n) is 10.9. The Morgan fingerprint density at radius 2 is 2.47 bits per heavy atom. The molecule has 1 saturated heterocycles. The van der Waals surface area contributed by atoms with Gasteiger partial charge in [-0.2, -0.15) is 10.2 Å². The van der Waals surface area contributed by atoms with Crippen LogP contribution >= 0.6 is 0 Å². The lowest BCUT2D eigenvalue weighted by Crippen LogP contribution is -2.29. The maximum Gasteiger partial charge on any atom is 0.227 e. The first-order valence-electron chi connectivity index (χ1n) is 6.47. The number of nitrogens with one attached hydrogen (secondary N) is 1. The monoisotopic (exact) mass is 259 g/mol. The Morgan fingerprint density at radius 1 is 1.58 bits per heavy atom. The van der Waals surface area contributed by atoms with Gasteiger partial charge in [-0.3, -0.25) is 14.6 Å². The number of aryl methyl sites for hydroxylation is 1. The molecular weight excluding hydrogens is 242 g/mol. The summed E-state index contributed by atoms with van der Waals surface area (Å²) >= 11 is 0. The Hall–Kier alpha value is -2.11. The average Bonchev–Trinajstić information content (AvgIpc) is 3.08. The summed E-state index contributed by atoms with van der Waals surface area (Å²) in [4.78, 5) is 14.1. The third-order valence-corrected chi connectivity index (χ3v) is 3.62. The van der Waals surface area contributed by atoms with E-state index >= 15 is 0 Å². The van der Waals surface area contributed by atoms with Gasteiger partial charge < -0.3 is 4.90 Å². The molecule has 3 rings (SSSR count). The van der Waals surface area contributed by atoms with Gasteiger partial charge in [0.2, 0.25) is 5.91 Å². The van der Waals surface area contributed by atoms with Crippen molar-refractivity contribution in [3.8, 4) is 0 Å². The van der Waals surface area contributed by atoms with E-state index in [1.54, 1.807) is 17.1 Å². The van der Waals surface area contributed by atoms with E-state index in [0.29, 0.717) is 12.3 Å². The molecule has 2 aromatic heterocycles. The molecule has 19 heavy (non-hydrogen) atoms. The summed E-state index contributed by atoms with van der Waals surface area (Å²) in [6.45, 7) is 1.60. The molecule has 1 aliphatic heterocycles. The van der Waals surface area contributed by atoms with Gasteiger partial charge in [0.25, 0.3) is 0 Å². The predicted octanol–water partition coefficient (Wildman–Crippen LogP) is 0.702. The first kappa shape index (κ1) is 12.0. The molecule has 0 spiro atoms. The van der Waals surface area contributed by atoms with Gasteiger partial charge >= 0.3 is 0 Å². The predicted molar refractivity (Wildman–Crippen MR) is 69.4 cm³/mol. The molecule has 1 N–H and O–H groups in total. The molecule has 0 aromatic carbocycles. The molecule has 0 bridgehead atoms. The molecule has 1 amide bonds. The van der Waals surface area contributed by atoms with Crippen LogP contribution in [0.15, 0.2) is 24.7 Å². The van der Waals surface area contributed by atoms with Crippen molar-refractivity contribution in [1.82, 2.24) is 24.9 Å². The highest BCUT2D eigenvalue weighted by atomic mass is 16.2. The van der Waals surface area contributed by atoms with Gasteiger partial charge in [0.1, 0.15) is 0 Å². The summed E-state index contributed by atoms with van der Waals surface area (Å²) in [5.74, 6) is 0.565. The minimum atomic E-state index is 0.176. The Balaban J connectivity index is 1.60. The molecule has 0 aliphatic carbocycles. The van der Waals surface area contributed by atoms with Gasteiger partial charge in [-0.1, -0.05) is 0 Å². The topological polar surface area (TPSA) is 66.8 Å². The van der Waals surface area contributed by atoms with Crippen LogP contribution < -0.4 is 0 Å². The number of rotatable bonds is 3. The lowest BCUT2D eigenvalue weighted by molar-refractivity contribution is -0.129. The van der Waals surface area contributed by atoms with E-state index in [4.69, 9.17) is 0 Å². The number of hydrogen-bond donors (Lipinski definition) is 1. The first-order chi connectivity index (χ1) is 9.22. The van der Waals surface area contributed by atoms with Crippen LogP contribution in [0.4, 0.5) is 0 Å². The van der Waals surface area contributed by atoms with Crippen molar-refractivity contribution < 1.29 is 4.79 Å². The molecule has 100 valence electrons. The Kier molecular flexibility index (Phi) is 3.06. The largest absolute Gasteiger partial charge is 0.342 e. The summed E-state index contributed by atoms with van der Waals surface area (Å²) in [6, 6.07) is 1.99. The Labute approximate surface area is 111 Å². The smallest absolute Gasteiger partial charge is 0.227 e. The maximum absolute atomic E-state index is 12.2. The second-order valence-electron chi connectivity index (χ2n) is 5.04. The molecule has 6 heteroatoms. The minimum absolute atomic E-state index is 0.176. The fourth-order valence-corrected chi connectivity index (χ4v) is 2.58. The van der Waals surface area contributed by atoms with Crippen molar-refractivity contribution in [3.63, 3.8) is 0 Å². The highest BCUT2D eigenvalue weighted by Crippen LogP contribution is 2.25. The molecule has 3 heterocycles. The number of amides is 1. The van der Waals surface area contributed by atoms with Gasteiger partial charge in [0, 0.05) is 44.1 Å². The van der Waals surface area contributed by atoms with Crippen molar-refractivity contribution >= 4 is 5.91 Å². The van der Waals surface area contributed by atoms with E-state index in [-0.39, 0.29) is 5.91 Å². The lowest BCUT2D eigenvalue weighted by Gasteiger charge is -2.15. The van der Waals surface area contributed by atoms with Crippen LogP contribution in [0.25, 0.3) is 0 Å². The molecule has 1 unspecified atom stereocenters. The number of nitrogens with zero attached hydrogens (tertiary/aromatic N) is 4. The Morgan fingerprint density at radius 3 is 3.16 bits per heavy atom. The van der Waals surface area contributed by atoms with Crippen LogP contribution in [-0.2, 0) is 18.3 Å². The molecular formula is C13H17N5O. The molecule has 0 radical (unpaired) electrons. The number of likely N-dealkylation sites (tertiary alicyclic amines) is 1. The second kappa shape index (κ2) is 4.87. The molecule has 2 aromatic rings. The number of aromatic nitrogens is 4. The summed E-state index contributed by atoms with van der Waals surface area (Å²) in [5, 5.41) is 11.0. The second-order valence-corrected chi connectivity index (χ2v) is 5.04. The van der Waals surface area contributed by atoms with Crippen molar-refractivity contribution in [2.45, 2.75) is 18.8 Å². The fourth-order valence-electron chi connectivity index (χ4n) is 2.58. The summed E-state index contributed by atoms with van der Waals surface area (Å²) in [5.41, 5.74) is 2.09. The van der Waals surface area contributed by atoms with Crippen LogP contribution in [-0.4, -0.2) is 43.9 Å². The van der Waals surface area contributed by atoms with Crippen molar-refractivity contribution in [2.75, 3.05) is 13.1 Å². The van der Waals surface area contributed by atoms with Crippen molar-refractivity contribution in [2.24, 2.45) is 7.05 Å². The van der Waals surface area contributed by atoms with Gasteiger partial charge in [-0.15, -0.1) is 0 Å². The standard InChI is InChI=1S/C13H17N5O/c1-17-8-10(7-15-17)6-13(19)18-5-3-11(9-18)12-2-4-14-16-12/h2,4,7-8,11H,3,5-6,9H2,1H3,(H,14,16). The number of H-pyrrole nitrogens is 1. The average molecular weight is 259 g/mol. The van der Waals surface area contributed by atoms with E-state index in [1.807, 2.05) is 24.2 Å². The van der Waals surface area contributed by atoms with Gasteiger partial charge in [-0.05, 0) is 18.1 Å². The molecule has 6 nitrogen and oxygen atoms in total. The van der Waals surface area contributed by atoms with Crippen molar-refractivity contribution in [1.29, 1.82) is 0 Å². The summed E-state index contributed by atoms with van der Waals surface area (Å²) in [7, 11) is 1.86. The SMILES string of the molecule is Cn1cc(CC(=O)N2CCC(c3ccn[nH]3)C2)cn1. The highest BCUT2D eigenvalue weighted by Gasteiger charge is 2.28. The van der Waals surface area contributed by atoms with E-state index < -0.39 is 0 Å². The third-order valence-electron chi connectivity index (χ3n) is 3.62. The summed E-state index contributed by atoms with van der Waals surface area (Å²) in [6.07, 6.45) is 6.83. The summed E-state index contributed by atoms with van der Waals surface area (Å²) < 4.78 is 1.72. The van der Waals surface area contributed by atoms with Crippen LogP contribution in [0.5, 0.6) is 0 Å². The first-order valence-corrected chi connectivity index (χ1v) is 6.47. The molecule has 1 fully saturated rings. The quantitative estimate of drug-likeness (QED) is 0.882. The van der Waals surface area contributed by atoms with E-state index in [1.165, 1.54) is 0 Å². The lowest BCUT2D eigenvalue weighted by atomic mass is 10.1. The number of hydrogen-bond acceptors (Lipinski definition) is 3. The zero-order valence-corrected chi connectivity index (χ0v) is 10.9. The van der Waals surface area contributed by atoms with Crippen LogP contribution in [0.2, 0.25) is 0 Å². The number of carbonyl (C=O) groups is 1. The van der Waals surface area contributed by atoms with E-state index in [0.717, 1.165) is 30.8 Å².